The van der Waals surface area contributed by atoms with Gasteiger partial charge in [-0.2, -0.15) is 0 Å². The van der Waals surface area contributed by atoms with Gasteiger partial charge in [0.2, 0.25) is 0 Å². The topological polar surface area (TPSA) is 75.3 Å². The minimum absolute atomic E-state index is 0.371. The van der Waals surface area contributed by atoms with Gasteiger partial charge in [0.1, 0.15) is 0 Å². The van der Waals surface area contributed by atoms with Gasteiger partial charge in [-0.3, -0.25) is 0 Å². The van der Waals surface area contributed by atoms with Gasteiger partial charge in [-0.05, 0) is 0 Å². The van der Waals surface area contributed by atoms with E-state index in [2.05, 4.69) is 13.4 Å². The van der Waals surface area contributed by atoms with Crippen molar-refractivity contribution in [3.8, 4) is 0 Å². The number of nitrogens with two attached hydrogens (primary N) is 1. The number of rotatable bonds is 4. The summed E-state index contributed by atoms with van der Waals surface area (Å²) in [5, 5.41) is 9.84. The molecule has 0 fully saturated rings. The molecule has 5 heteroatoms. The van der Waals surface area contributed by atoms with Gasteiger partial charge < -0.3 is 0 Å². The number of halogens is 1. The number of alkyl halides is 2. The van der Waals surface area contributed by atoms with E-state index in [1.807, 2.05) is 0 Å². The number of hydrogen-bond donors (Lipinski definition) is 3. The number of carbonyl (C=O) groups is 1. The van der Waals surface area contributed by atoms with Crippen LogP contribution in [0.5, 0.6) is 0 Å². The average Bonchev–Trinajstić information content (AvgIpc) is 2.16. The Morgan fingerprint density at radius 1 is 1.47 bits per heavy atom. The van der Waals surface area contributed by atoms with Crippen LogP contribution >= 0.6 is 20.1 Å². The standard InChI is InChI=1S/C10H15IN2O2/c1-11(2)13-10(15)8-6-4-3-5-7(8)9(12)14/h3-6,10,13,15H,1-2H3,(H2,12,14). The number of carbonyl (C=O) groups excluding carboxylic acids is 1. The third-order valence-electron chi connectivity index (χ3n) is 1.84. The van der Waals surface area contributed by atoms with Crippen molar-refractivity contribution in [2.45, 2.75) is 6.23 Å². The van der Waals surface area contributed by atoms with Crippen LogP contribution < -0.4 is 9.26 Å². The van der Waals surface area contributed by atoms with Crippen LogP contribution in [0.3, 0.4) is 0 Å². The van der Waals surface area contributed by atoms with E-state index in [4.69, 9.17) is 5.73 Å². The zero-order chi connectivity index (χ0) is 11.4. The monoisotopic (exact) mass is 322 g/mol. The van der Waals surface area contributed by atoms with E-state index in [1.165, 1.54) is 0 Å². The van der Waals surface area contributed by atoms with Crippen LogP contribution in [0.2, 0.25) is 0 Å². The van der Waals surface area contributed by atoms with Gasteiger partial charge in [-0.25, -0.2) is 0 Å². The molecule has 1 amide bonds. The number of hydrogen-bond acceptors (Lipinski definition) is 3. The number of amides is 1. The maximum absolute atomic E-state index is 11.1. The van der Waals surface area contributed by atoms with Gasteiger partial charge in [-0.15, -0.1) is 0 Å². The van der Waals surface area contributed by atoms with Gasteiger partial charge >= 0.3 is 96.6 Å². The SMILES string of the molecule is CI(C)NC(O)c1ccccc1C(N)=O. The molecule has 1 aromatic rings. The van der Waals surface area contributed by atoms with E-state index in [0.29, 0.717) is 11.1 Å². The first kappa shape index (κ1) is 12.4. The van der Waals surface area contributed by atoms with Crippen LogP contribution in [0.4, 0.5) is 0 Å². The number of aliphatic hydroxyl groups is 1. The Balaban J connectivity index is 2.97. The Kier molecular flexibility index (Phi) is 4.49. The third-order valence-corrected chi connectivity index (χ3v) is 3.68. The molecule has 0 saturated carbocycles. The summed E-state index contributed by atoms with van der Waals surface area (Å²) in [6.45, 7) is 0. The average molecular weight is 322 g/mol. The molecule has 0 aliphatic carbocycles. The predicted molar refractivity (Wildman–Crippen MR) is 68.9 cm³/mol. The molecule has 0 saturated heterocycles. The quantitative estimate of drug-likeness (QED) is 0.336. The fourth-order valence-corrected chi connectivity index (χ4v) is 2.74. The van der Waals surface area contributed by atoms with Crippen molar-refractivity contribution >= 4 is 26.0 Å². The molecule has 4 nitrogen and oxygen atoms in total. The molecular formula is C10H15IN2O2. The van der Waals surface area contributed by atoms with E-state index in [0.717, 1.165) is 0 Å². The molecule has 15 heavy (non-hydrogen) atoms. The van der Waals surface area contributed by atoms with E-state index >= 15 is 0 Å². The number of benzene rings is 1. The van der Waals surface area contributed by atoms with Crippen LogP contribution in [0.15, 0.2) is 24.3 Å². The first-order valence-corrected chi connectivity index (χ1v) is 9.74. The van der Waals surface area contributed by atoms with Gasteiger partial charge in [-0.1, -0.05) is 0 Å². The van der Waals surface area contributed by atoms with Gasteiger partial charge in [0.15, 0.2) is 0 Å². The predicted octanol–water partition coefficient (Wildman–Crippen LogP) is 1.05. The van der Waals surface area contributed by atoms with Crippen LogP contribution in [0.25, 0.3) is 0 Å². The molecule has 0 heterocycles. The van der Waals surface area contributed by atoms with Crippen LogP contribution in [0.1, 0.15) is 22.1 Å². The summed E-state index contributed by atoms with van der Waals surface area (Å²) in [5.41, 5.74) is 6.14. The van der Waals surface area contributed by atoms with Crippen LogP contribution in [-0.2, 0) is 0 Å². The van der Waals surface area contributed by atoms with Crippen molar-refractivity contribution in [1.82, 2.24) is 3.53 Å². The van der Waals surface area contributed by atoms with Crippen molar-refractivity contribution in [2.75, 3.05) is 9.86 Å². The molecule has 0 spiro atoms. The minimum atomic E-state index is -1.26. The molecule has 84 valence electrons. The van der Waals surface area contributed by atoms with E-state index in [-0.39, 0.29) is 0 Å². The number of aliphatic hydroxyl groups excluding tert-OH is 1. The van der Waals surface area contributed by atoms with Gasteiger partial charge in [0.25, 0.3) is 0 Å². The zero-order valence-corrected chi connectivity index (χ0v) is 10.9. The van der Waals surface area contributed by atoms with E-state index in [1.54, 1.807) is 24.3 Å². The van der Waals surface area contributed by atoms with Crippen molar-refractivity contribution < 1.29 is 9.90 Å². The third kappa shape index (κ3) is 3.44. The molecule has 0 bridgehead atoms. The molecule has 0 radical (unpaired) electrons. The molecule has 0 aliphatic heterocycles. The second kappa shape index (κ2) is 5.43. The van der Waals surface area contributed by atoms with Crippen molar-refractivity contribution in [2.24, 2.45) is 5.73 Å². The molecule has 0 aromatic heterocycles. The molecule has 1 aromatic carbocycles. The second-order valence-corrected chi connectivity index (χ2v) is 8.16. The van der Waals surface area contributed by atoms with Crippen LogP contribution in [0, 0.1) is 0 Å². The summed E-state index contributed by atoms with van der Waals surface area (Å²) < 4.78 is 3.06. The molecule has 1 atom stereocenters. The Morgan fingerprint density at radius 2 is 2.07 bits per heavy atom. The summed E-state index contributed by atoms with van der Waals surface area (Å²) in [7, 11) is 0. The summed E-state index contributed by atoms with van der Waals surface area (Å²) >= 11 is -1.26. The van der Waals surface area contributed by atoms with Crippen molar-refractivity contribution in [3.63, 3.8) is 0 Å². The summed E-state index contributed by atoms with van der Waals surface area (Å²) in [6, 6.07) is 6.82. The van der Waals surface area contributed by atoms with Gasteiger partial charge in [0, 0.05) is 0 Å². The van der Waals surface area contributed by atoms with Gasteiger partial charge in [0.05, 0.1) is 0 Å². The first-order chi connectivity index (χ1) is 7.02. The Bertz CT molecular complexity index is 355. The Morgan fingerprint density at radius 3 is 2.60 bits per heavy atom. The molecule has 4 N–H and O–H groups in total. The molecule has 0 aliphatic rings. The Labute approximate surface area is 96.6 Å². The molecule has 1 unspecified atom stereocenters. The summed E-state index contributed by atoms with van der Waals surface area (Å²) in [6.07, 6.45) is -0.797. The zero-order valence-electron chi connectivity index (χ0n) is 8.70. The normalized spacial score (nSPS) is 13.4. The van der Waals surface area contributed by atoms with E-state index in [9.17, 15) is 9.90 Å². The number of primary amides is 1. The van der Waals surface area contributed by atoms with Crippen LogP contribution in [-0.4, -0.2) is 20.9 Å². The Hall–Kier alpha value is -0.660. The molecular weight excluding hydrogens is 307 g/mol. The first-order valence-electron chi connectivity index (χ1n) is 4.35. The second-order valence-electron chi connectivity index (χ2n) is 3.22. The van der Waals surface area contributed by atoms with Crippen molar-refractivity contribution in [3.05, 3.63) is 35.4 Å². The van der Waals surface area contributed by atoms with E-state index < -0.39 is 32.2 Å². The summed E-state index contributed by atoms with van der Waals surface area (Å²) in [5.74, 6) is -0.515. The fraction of sp³-hybridized carbons (Fsp3) is 0.300. The number of nitrogens with one attached hydrogen (secondary N) is 1. The molecule has 1 rings (SSSR count). The summed E-state index contributed by atoms with van der Waals surface area (Å²) in [4.78, 5) is 15.2. The fourth-order valence-electron chi connectivity index (χ4n) is 1.23. The van der Waals surface area contributed by atoms with Crippen molar-refractivity contribution in [1.29, 1.82) is 0 Å². The maximum atomic E-state index is 11.1.